The zero-order valence-electron chi connectivity index (χ0n) is 4.29. The third kappa shape index (κ3) is 3.78. The predicted octanol–water partition coefficient (Wildman–Crippen LogP) is 0.210. The highest BCUT2D eigenvalue weighted by Gasteiger charge is 2.16. The summed E-state index contributed by atoms with van der Waals surface area (Å²) in [5, 5.41) is 4.36. The molecule has 4 heteroatoms. The topological polar surface area (TPSA) is 28.2 Å². The van der Waals surface area contributed by atoms with Crippen LogP contribution in [0.15, 0.2) is 0 Å². The van der Waals surface area contributed by atoms with Crippen molar-refractivity contribution in [3.8, 4) is 0 Å². The number of thiocarbonyl (C=S) groups is 2. The molecule has 0 saturated carbocycles. The van der Waals surface area contributed by atoms with Crippen LogP contribution >= 0.6 is 24.4 Å². The average molecular weight is 144 g/mol. The minimum atomic E-state index is -0.218. The number of hydrogen-bond donors (Lipinski definition) is 0. The summed E-state index contributed by atoms with van der Waals surface area (Å²) >= 11 is 8.61. The lowest BCUT2D eigenvalue weighted by atomic mass is 10.6. The van der Waals surface area contributed by atoms with Crippen LogP contribution in [-0.4, -0.2) is 16.5 Å². The van der Waals surface area contributed by atoms with Gasteiger partial charge in [-0.2, -0.15) is 0 Å². The summed E-state index contributed by atoms with van der Waals surface area (Å²) in [5.41, 5.74) is 0. The number of hydrogen-bond acceptors (Lipinski definition) is 4. The fourth-order valence-corrected chi connectivity index (χ4v) is 0.487. The Labute approximate surface area is 58.3 Å². The molecule has 0 aromatic carbocycles. The molecule has 0 aliphatic carbocycles. The number of isothiocyanates is 2. The number of aliphatic imine (C=N–C) groups is 2. The van der Waals surface area contributed by atoms with Crippen LogP contribution in [-0.2, 0) is 0 Å². The molecule has 0 atom stereocenters. The van der Waals surface area contributed by atoms with E-state index in [1.165, 1.54) is 0 Å². The molecule has 0 amide bonds. The van der Waals surface area contributed by atoms with Gasteiger partial charge in [0.05, 0.1) is 31.4 Å². The van der Waals surface area contributed by atoms with E-state index in [9.17, 15) is 0 Å². The summed E-state index contributed by atoms with van der Waals surface area (Å²) in [6.45, 7) is 1.75. The third-order valence-corrected chi connectivity index (χ3v) is 0.690. The zero-order valence-corrected chi connectivity index (χ0v) is 5.92. The minimum absolute atomic E-state index is 0.218. The van der Waals surface area contributed by atoms with E-state index < -0.39 is 0 Å². The Morgan fingerprint density at radius 3 is 1.88 bits per heavy atom. The molecular weight excluding hydrogens is 140 g/mol. The van der Waals surface area contributed by atoms with Gasteiger partial charge in [0, 0.05) is 0 Å². The lowest BCUT2D eigenvalue weighted by molar-refractivity contribution is 0.684. The van der Waals surface area contributed by atoms with Crippen molar-refractivity contribution in [2.45, 2.75) is 13.1 Å². The molecule has 0 aromatic rings. The first-order valence-corrected chi connectivity index (χ1v) is 2.77. The van der Waals surface area contributed by atoms with Crippen LogP contribution in [0.3, 0.4) is 0 Å². The van der Waals surface area contributed by atoms with Gasteiger partial charge in [-0.15, -0.1) is 0 Å². The predicted molar refractivity (Wildman–Crippen MR) is 38.9 cm³/mol. The second-order valence-corrected chi connectivity index (χ2v) is 1.44. The van der Waals surface area contributed by atoms with Gasteiger partial charge in [-0.1, -0.05) is 0 Å². The van der Waals surface area contributed by atoms with Crippen LogP contribution in [0.4, 0.5) is 0 Å². The Bertz CT molecular complexity index is 135. The molecule has 0 spiro atoms. The number of nitrogens with zero attached hydrogens (tertiary/aromatic N) is 2. The molecule has 0 heterocycles. The van der Waals surface area contributed by atoms with Crippen molar-refractivity contribution < 1.29 is 0 Å². The standard InChI is InChI=1S/C4H4N2S2/c1-4(5-2-7)6-3-8/h4H,1H3/q+2. The first-order chi connectivity index (χ1) is 3.81. The van der Waals surface area contributed by atoms with Gasteiger partial charge in [0.25, 0.3) is 0 Å². The maximum Gasteiger partial charge on any atom is 0.483 e. The maximum atomic E-state index is 4.30. The lowest BCUT2D eigenvalue weighted by Crippen LogP contribution is -2.13. The Morgan fingerprint density at radius 2 is 1.62 bits per heavy atom. The highest BCUT2D eigenvalue weighted by atomic mass is 32.1. The second-order valence-electron chi connectivity index (χ2n) is 1.07. The smallest absolute Gasteiger partial charge is 0.0529 e. The normalized spacial score (nSPS) is 10.6. The first-order valence-electron chi connectivity index (χ1n) is 1.95. The van der Waals surface area contributed by atoms with Gasteiger partial charge in [-0.3, -0.25) is 0 Å². The van der Waals surface area contributed by atoms with Crippen molar-refractivity contribution in [3.05, 3.63) is 0 Å². The summed E-state index contributed by atoms with van der Waals surface area (Å²) < 4.78 is 0. The van der Waals surface area contributed by atoms with E-state index in [0.29, 0.717) is 0 Å². The third-order valence-electron chi connectivity index (χ3n) is 0.479. The average Bonchev–Trinajstić information content (AvgIpc) is 1.68. The van der Waals surface area contributed by atoms with Gasteiger partial charge in [-0.25, -0.2) is 0 Å². The quantitative estimate of drug-likeness (QED) is 0.409. The highest BCUT2D eigenvalue weighted by molar-refractivity contribution is 7.78. The summed E-state index contributed by atoms with van der Waals surface area (Å²) in [7, 11) is 0. The molecule has 0 aromatic heterocycles. The van der Waals surface area contributed by atoms with Crippen LogP contribution in [0.25, 0.3) is 0 Å². The van der Waals surface area contributed by atoms with Crippen molar-refractivity contribution in [2.24, 2.45) is 0 Å². The Kier molecular flexibility index (Phi) is 4.51. The molecule has 0 rings (SSSR count). The van der Waals surface area contributed by atoms with E-state index in [4.69, 9.17) is 0 Å². The van der Waals surface area contributed by atoms with Gasteiger partial charge in [-0.05, 0) is 0 Å². The molecular formula is C4H4N2S2+2. The van der Waals surface area contributed by atoms with E-state index in [1.54, 1.807) is 6.92 Å². The van der Waals surface area contributed by atoms with Crippen molar-refractivity contribution in [1.29, 1.82) is 0 Å². The van der Waals surface area contributed by atoms with Gasteiger partial charge in [0.15, 0.2) is 9.98 Å². The van der Waals surface area contributed by atoms with Crippen LogP contribution < -0.4 is 9.98 Å². The van der Waals surface area contributed by atoms with Crippen LogP contribution in [0.5, 0.6) is 0 Å². The first kappa shape index (κ1) is 7.60. The van der Waals surface area contributed by atoms with E-state index in [-0.39, 0.29) is 6.17 Å². The van der Waals surface area contributed by atoms with Crippen LogP contribution in [0, 0.1) is 0 Å². The highest BCUT2D eigenvalue weighted by Crippen LogP contribution is 1.62. The lowest BCUT2D eigenvalue weighted by Gasteiger charge is -1.55. The molecule has 0 aliphatic heterocycles. The Morgan fingerprint density at radius 1 is 1.25 bits per heavy atom. The van der Waals surface area contributed by atoms with E-state index in [1.807, 2.05) is 0 Å². The zero-order chi connectivity index (χ0) is 6.41. The summed E-state index contributed by atoms with van der Waals surface area (Å²) in [6.07, 6.45) is -0.218. The number of rotatable bonds is 2. The molecule has 8 heavy (non-hydrogen) atoms. The minimum Gasteiger partial charge on any atom is 0.0529 e. The summed E-state index contributed by atoms with van der Waals surface area (Å²) in [6, 6.07) is 0. The van der Waals surface area contributed by atoms with Crippen molar-refractivity contribution in [2.75, 3.05) is 0 Å². The molecule has 0 saturated heterocycles. The van der Waals surface area contributed by atoms with E-state index in [2.05, 4.69) is 44.7 Å². The molecule has 0 unspecified atom stereocenters. The monoisotopic (exact) mass is 144 g/mol. The van der Waals surface area contributed by atoms with Crippen LogP contribution in [0.2, 0.25) is 0 Å². The van der Waals surface area contributed by atoms with Crippen molar-refractivity contribution >= 4 is 34.8 Å². The molecule has 40 valence electrons. The Hall–Kier alpha value is -0.400. The van der Waals surface area contributed by atoms with Crippen molar-refractivity contribution in [1.82, 2.24) is 9.98 Å². The van der Waals surface area contributed by atoms with Crippen molar-refractivity contribution in [3.63, 3.8) is 0 Å². The summed E-state index contributed by atoms with van der Waals surface area (Å²) in [5.74, 6) is 0. The maximum absolute atomic E-state index is 4.30. The van der Waals surface area contributed by atoms with Gasteiger partial charge in [0.2, 0.25) is 0 Å². The molecule has 2 radical (unpaired) electrons. The van der Waals surface area contributed by atoms with Gasteiger partial charge < -0.3 is 0 Å². The molecule has 0 bridgehead atoms. The fraction of sp³-hybridized carbons (Fsp3) is 0.500. The molecule has 2 nitrogen and oxygen atoms in total. The van der Waals surface area contributed by atoms with Gasteiger partial charge in [0.1, 0.15) is 0 Å². The summed E-state index contributed by atoms with van der Waals surface area (Å²) in [4.78, 5) is 7.17. The molecule has 0 fully saturated rings. The molecule has 0 aliphatic rings. The second kappa shape index (κ2) is 4.75. The SMILES string of the molecule is CC([N+]=C=S)[N+]=C=S. The molecule has 0 N–H and O–H groups in total. The Balaban J connectivity index is 3.82. The largest absolute Gasteiger partial charge is 0.483 e. The van der Waals surface area contributed by atoms with Crippen LogP contribution in [0.1, 0.15) is 6.92 Å². The fourth-order valence-electron chi connectivity index (χ4n) is 0.181. The van der Waals surface area contributed by atoms with Gasteiger partial charge >= 0.3 is 16.5 Å². The van der Waals surface area contributed by atoms with E-state index >= 15 is 0 Å². The van der Waals surface area contributed by atoms with E-state index in [0.717, 1.165) is 0 Å².